The lowest BCUT2D eigenvalue weighted by Gasteiger charge is -2.24. The Morgan fingerprint density at radius 1 is 0.952 bits per heavy atom. The molecule has 0 fully saturated rings. The van der Waals surface area contributed by atoms with Crippen molar-refractivity contribution in [2.24, 2.45) is 0 Å². The lowest BCUT2D eigenvalue weighted by atomic mass is 9.98. The first-order valence-corrected chi connectivity index (χ1v) is 8.06. The Morgan fingerprint density at radius 2 is 1.62 bits per heavy atom. The standard InChI is InChI=1S/C20H27N/c1-5-17-11-13-18(14-12-17)20(6-2)21-16(4)19-10-8-7-9-15(19)3/h7-14,16,20-21H,5-6H2,1-4H3/t16-,20?/m1/s1. The summed E-state index contributed by atoms with van der Waals surface area (Å²) in [6, 6.07) is 18.4. The van der Waals surface area contributed by atoms with Crippen molar-refractivity contribution in [3.8, 4) is 0 Å². The summed E-state index contributed by atoms with van der Waals surface area (Å²) in [5.74, 6) is 0. The van der Waals surface area contributed by atoms with Crippen molar-refractivity contribution in [1.82, 2.24) is 5.32 Å². The molecule has 2 atom stereocenters. The number of aryl methyl sites for hydroxylation is 2. The highest BCUT2D eigenvalue weighted by molar-refractivity contribution is 5.29. The average Bonchev–Trinajstić information content (AvgIpc) is 2.53. The number of nitrogens with one attached hydrogen (secondary N) is 1. The fourth-order valence-electron chi connectivity index (χ4n) is 2.90. The van der Waals surface area contributed by atoms with Gasteiger partial charge in [-0.1, -0.05) is 62.4 Å². The van der Waals surface area contributed by atoms with Crippen LogP contribution in [0.4, 0.5) is 0 Å². The molecule has 112 valence electrons. The van der Waals surface area contributed by atoms with Crippen LogP contribution in [0.1, 0.15) is 61.5 Å². The minimum atomic E-state index is 0.363. The van der Waals surface area contributed by atoms with Crippen molar-refractivity contribution in [2.75, 3.05) is 0 Å². The maximum Gasteiger partial charge on any atom is 0.0323 e. The monoisotopic (exact) mass is 281 g/mol. The van der Waals surface area contributed by atoms with E-state index in [1.165, 1.54) is 22.3 Å². The lowest BCUT2D eigenvalue weighted by Crippen LogP contribution is -2.24. The van der Waals surface area contributed by atoms with Crippen molar-refractivity contribution >= 4 is 0 Å². The first kappa shape index (κ1) is 15.8. The van der Waals surface area contributed by atoms with Crippen LogP contribution in [0.2, 0.25) is 0 Å². The third-order valence-corrected chi connectivity index (χ3v) is 4.30. The molecule has 1 heteroatoms. The molecule has 1 unspecified atom stereocenters. The van der Waals surface area contributed by atoms with Crippen molar-refractivity contribution < 1.29 is 0 Å². The Hall–Kier alpha value is -1.60. The van der Waals surface area contributed by atoms with E-state index in [0.29, 0.717) is 12.1 Å². The van der Waals surface area contributed by atoms with Crippen molar-refractivity contribution in [3.05, 3.63) is 70.8 Å². The summed E-state index contributed by atoms with van der Waals surface area (Å²) in [5, 5.41) is 3.78. The van der Waals surface area contributed by atoms with Gasteiger partial charge in [-0.2, -0.15) is 0 Å². The second kappa shape index (κ2) is 7.42. The topological polar surface area (TPSA) is 12.0 Å². The van der Waals surface area contributed by atoms with Gasteiger partial charge < -0.3 is 5.32 Å². The molecule has 0 aliphatic carbocycles. The highest BCUT2D eigenvalue weighted by atomic mass is 14.9. The number of rotatable bonds is 6. The molecule has 0 radical (unpaired) electrons. The van der Waals surface area contributed by atoms with E-state index in [4.69, 9.17) is 0 Å². The summed E-state index contributed by atoms with van der Waals surface area (Å²) < 4.78 is 0. The first-order valence-electron chi connectivity index (χ1n) is 8.06. The normalized spacial score (nSPS) is 13.9. The van der Waals surface area contributed by atoms with Crippen LogP contribution in [-0.4, -0.2) is 0 Å². The molecule has 0 heterocycles. The number of hydrogen-bond acceptors (Lipinski definition) is 1. The van der Waals surface area contributed by atoms with Gasteiger partial charge in [0.25, 0.3) is 0 Å². The molecule has 0 bridgehead atoms. The molecule has 1 nitrogen and oxygen atoms in total. The lowest BCUT2D eigenvalue weighted by molar-refractivity contribution is 0.455. The Morgan fingerprint density at radius 3 is 2.19 bits per heavy atom. The minimum Gasteiger partial charge on any atom is -0.303 e. The van der Waals surface area contributed by atoms with E-state index in [9.17, 15) is 0 Å². The van der Waals surface area contributed by atoms with E-state index in [0.717, 1.165) is 12.8 Å². The van der Waals surface area contributed by atoms with E-state index in [-0.39, 0.29) is 0 Å². The van der Waals surface area contributed by atoms with Crippen molar-refractivity contribution in [3.63, 3.8) is 0 Å². The zero-order valence-electron chi connectivity index (χ0n) is 13.7. The molecule has 0 aromatic heterocycles. The van der Waals surface area contributed by atoms with E-state index in [1.807, 2.05) is 0 Å². The second-order valence-corrected chi connectivity index (χ2v) is 5.80. The predicted molar refractivity (Wildman–Crippen MR) is 91.6 cm³/mol. The van der Waals surface area contributed by atoms with Crippen LogP contribution in [0.3, 0.4) is 0 Å². The third-order valence-electron chi connectivity index (χ3n) is 4.30. The van der Waals surface area contributed by atoms with E-state index >= 15 is 0 Å². The highest BCUT2D eigenvalue weighted by Crippen LogP contribution is 2.24. The molecule has 2 aromatic carbocycles. The number of hydrogen-bond donors (Lipinski definition) is 1. The fraction of sp³-hybridized carbons (Fsp3) is 0.400. The summed E-state index contributed by atoms with van der Waals surface area (Å²) in [5.41, 5.74) is 5.53. The first-order chi connectivity index (χ1) is 10.2. The Balaban J connectivity index is 2.13. The quantitative estimate of drug-likeness (QED) is 0.751. The summed E-state index contributed by atoms with van der Waals surface area (Å²) in [6.45, 7) is 8.89. The molecule has 0 saturated heterocycles. The van der Waals surface area contributed by atoms with Gasteiger partial charge in [0, 0.05) is 12.1 Å². The SMILES string of the molecule is CCc1ccc(C(CC)N[C@H](C)c2ccccc2C)cc1. The van der Waals surface area contributed by atoms with Gasteiger partial charge in [-0.15, -0.1) is 0 Å². The molecule has 0 aliphatic rings. The van der Waals surface area contributed by atoms with Crippen LogP contribution in [0, 0.1) is 6.92 Å². The van der Waals surface area contributed by atoms with Crippen LogP contribution in [-0.2, 0) is 6.42 Å². The van der Waals surface area contributed by atoms with Gasteiger partial charge in [0.1, 0.15) is 0 Å². The largest absolute Gasteiger partial charge is 0.303 e. The summed E-state index contributed by atoms with van der Waals surface area (Å²) in [6.07, 6.45) is 2.20. The summed E-state index contributed by atoms with van der Waals surface area (Å²) in [7, 11) is 0. The van der Waals surface area contributed by atoms with Crippen LogP contribution in [0.15, 0.2) is 48.5 Å². The number of benzene rings is 2. The summed E-state index contributed by atoms with van der Waals surface area (Å²) in [4.78, 5) is 0. The molecule has 0 spiro atoms. The molecule has 2 rings (SSSR count). The zero-order valence-corrected chi connectivity index (χ0v) is 13.7. The Bertz CT molecular complexity index is 556. The minimum absolute atomic E-state index is 0.363. The van der Waals surface area contributed by atoms with Crippen LogP contribution in [0.5, 0.6) is 0 Å². The molecule has 0 amide bonds. The van der Waals surface area contributed by atoms with Crippen molar-refractivity contribution in [1.29, 1.82) is 0 Å². The third kappa shape index (κ3) is 3.95. The molecule has 2 aromatic rings. The maximum absolute atomic E-state index is 3.78. The Kier molecular flexibility index (Phi) is 5.58. The zero-order chi connectivity index (χ0) is 15.2. The molecule has 0 saturated carbocycles. The molecular weight excluding hydrogens is 254 g/mol. The highest BCUT2D eigenvalue weighted by Gasteiger charge is 2.14. The molecule has 21 heavy (non-hydrogen) atoms. The molecular formula is C20H27N. The maximum atomic E-state index is 3.78. The fourth-order valence-corrected chi connectivity index (χ4v) is 2.90. The molecule has 0 aliphatic heterocycles. The van der Waals surface area contributed by atoms with E-state index in [1.54, 1.807) is 0 Å². The van der Waals surface area contributed by atoms with Gasteiger partial charge in [-0.3, -0.25) is 0 Å². The van der Waals surface area contributed by atoms with E-state index in [2.05, 4.69) is 81.5 Å². The van der Waals surface area contributed by atoms with Gasteiger partial charge in [0.05, 0.1) is 0 Å². The van der Waals surface area contributed by atoms with Crippen LogP contribution < -0.4 is 5.32 Å². The second-order valence-electron chi connectivity index (χ2n) is 5.80. The van der Waals surface area contributed by atoms with Gasteiger partial charge in [0.2, 0.25) is 0 Å². The molecule has 1 N–H and O–H groups in total. The van der Waals surface area contributed by atoms with E-state index < -0.39 is 0 Å². The van der Waals surface area contributed by atoms with Crippen LogP contribution >= 0.6 is 0 Å². The summed E-state index contributed by atoms with van der Waals surface area (Å²) >= 11 is 0. The van der Waals surface area contributed by atoms with Gasteiger partial charge >= 0.3 is 0 Å². The average molecular weight is 281 g/mol. The van der Waals surface area contributed by atoms with Crippen molar-refractivity contribution in [2.45, 2.75) is 52.6 Å². The van der Waals surface area contributed by atoms with Gasteiger partial charge in [-0.05, 0) is 48.9 Å². The van der Waals surface area contributed by atoms with Gasteiger partial charge in [-0.25, -0.2) is 0 Å². The predicted octanol–water partition coefficient (Wildman–Crippen LogP) is 5.36. The van der Waals surface area contributed by atoms with Crippen LogP contribution in [0.25, 0.3) is 0 Å². The smallest absolute Gasteiger partial charge is 0.0323 e. The van der Waals surface area contributed by atoms with Gasteiger partial charge in [0.15, 0.2) is 0 Å². The Labute approximate surface area is 129 Å².